The lowest BCUT2D eigenvalue weighted by molar-refractivity contribution is -0.140. The molecule has 0 radical (unpaired) electrons. The molecule has 1 atom stereocenters. The van der Waals surface area contributed by atoms with Crippen LogP contribution in [0.1, 0.15) is 18.9 Å². The Hall–Kier alpha value is -2.00. The van der Waals surface area contributed by atoms with Gasteiger partial charge in [-0.1, -0.05) is 19.1 Å². The highest BCUT2D eigenvalue weighted by molar-refractivity contribution is 8.00. The summed E-state index contributed by atoms with van der Waals surface area (Å²) < 4.78 is 4.56. The first kappa shape index (κ1) is 16.1. The largest absolute Gasteiger partial charge is 0.469 e. The van der Waals surface area contributed by atoms with Crippen molar-refractivity contribution in [3.05, 3.63) is 29.8 Å². The van der Waals surface area contributed by atoms with E-state index in [0.717, 1.165) is 0 Å². The smallest absolute Gasteiger partial charge is 0.306 e. The maximum absolute atomic E-state index is 11.8. The number of hydrogen-bond acceptors (Lipinski definition) is 5. The van der Waals surface area contributed by atoms with Crippen molar-refractivity contribution in [3.63, 3.8) is 0 Å². The van der Waals surface area contributed by atoms with Crippen molar-refractivity contribution in [2.45, 2.75) is 18.6 Å². The summed E-state index contributed by atoms with van der Waals surface area (Å²) in [6.07, 6.45) is 0.267. The number of carbonyl (C=O) groups is 2. The second kappa shape index (κ2) is 8.23. The van der Waals surface area contributed by atoms with Gasteiger partial charge in [0.2, 0.25) is 5.91 Å². The van der Waals surface area contributed by atoms with Crippen LogP contribution < -0.4 is 5.32 Å². The third-order valence-corrected chi connectivity index (χ3v) is 3.67. The average Bonchev–Trinajstić information content (AvgIpc) is 2.45. The van der Waals surface area contributed by atoms with E-state index in [0.29, 0.717) is 11.3 Å². The molecule has 0 heterocycles. The molecule has 0 fully saturated rings. The van der Waals surface area contributed by atoms with Crippen LogP contribution in [0.4, 0.5) is 5.69 Å². The fourth-order valence-corrected chi connectivity index (χ4v) is 2.23. The van der Waals surface area contributed by atoms with Gasteiger partial charge in [0.05, 0.1) is 30.5 Å². The van der Waals surface area contributed by atoms with Gasteiger partial charge in [0, 0.05) is 5.25 Å². The lowest BCUT2D eigenvalue weighted by atomic mass is 10.2. The first-order valence-corrected chi connectivity index (χ1v) is 7.09. The Morgan fingerprint density at radius 1 is 1.45 bits per heavy atom. The molecule has 0 aromatic heterocycles. The summed E-state index contributed by atoms with van der Waals surface area (Å²) in [5, 5.41) is 11.6. The van der Waals surface area contributed by atoms with Gasteiger partial charge >= 0.3 is 5.97 Å². The Morgan fingerprint density at radius 2 is 2.15 bits per heavy atom. The number of amides is 1. The zero-order chi connectivity index (χ0) is 15.0. The van der Waals surface area contributed by atoms with Crippen LogP contribution in [0.15, 0.2) is 24.3 Å². The molecule has 0 spiro atoms. The van der Waals surface area contributed by atoms with E-state index in [1.54, 1.807) is 24.3 Å². The van der Waals surface area contributed by atoms with Crippen LogP contribution >= 0.6 is 11.8 Å². The third-order valence-electron chi connectivity index (χ3n) is 2.50. The van der Waals surface area contributed by atoms with Crippen LogP contribution in [0.25, 0.3) is 0 Å². The van der Waals surface area contributed by atoms with E-state index in [4.69, 9.17) is 5.26 Å². The predicted molar refractivity (Wildman–Crippen MR) is 78.3 cm³/mol. The summed E-state index contributed by atoms with van der Waals surface area (Å²) in [6, 6.07) is 8.83. The van der Waals surface area contributed by atoms with Crippen molar-refractivity contribution in [3.8, 4) is 6.07 Å². The van der Waals surface area contributed by atoms with E-state index in [1.165, 1.54) is 18.9 Å². The zero-order valence-corrected chi connectivity index (χ0v) is 12.2. The minimum atomic E-state index is -0.291. The summed E-state index contributed by atoms with van der Waals surface area (Å²) in [6.45, 7) is 1.86. The van der Waals surface area contributed by atoms with Crippen LogP contribution in [0, 0.1) is 11.3 Å². The number of nitrogens with zero attached hydrogens (tertiary/aromatic N) is 1. The second-order valence-electron chi connectivity index (χ2n) is 4.11. The molecule has 6 heteroatoms. The van der Waals surface area contributed by atoms with Crippen LogP contribution in [-0.4, -0.2) is 30.0 Å². The maximum atomic E-state index is 11.8. The van der Waals surface area contributed by atoms with Crippen molar-refractivity contribution in [1.29, 1.82) is 5.26 Å². The monoisotopic (exact) mass is 292 g/mol. The molecule has 1 N–H and O–H groups in total. The number of nitriles is 1. The molecule has 1 amide bonds. The summed E-state index contributed by atoms with van der Waals surface area (Å²) in [7, 11) is 1.34. The van der Waals surface area contributed by atoms with Crippen LogP contribution in [0.2, 0.25) is 0 Å². The minimum absolute atomic E-state index is 0.000546. The van der Waals surface area contributed by atoms with E-state index < -0.39 is 0 Å². The summed E-state index contributed by atoms with van der Waals surface area (Å²) in [4.78, 5) is 22.9. The Kier molecular flexibility index (Phi) is 6.60. The Balaban J connectivity index is 2.44. The molecule has 1 aromatic rings. The van der Waals surface area contributed by atoms with Crippen molar-refractivity contribution in [1.82, 2.24) is 0 Å². The van der Waals surface area contributed by atoms with E-state index in [-0.39, 0.29) is 29.3 Å². The van der Waals surface area contributed by atoms with E-state index in [2.05, 4.69) is 10.1 Å². The number of anilines is 1. The second-order valence-corrected chi connectivity index (χ2v) is 5.53. The standard InChI is InChI=1S/C14H16N2O3S/c1-10(7-14(18)19-2)20-9-13(17)16-12-6-4-3-5-11(12)8-15/h3-6,10H,7,9H2,1-2H3,(H,16,17). The maximum Gasteiger partial charge on any atom is 0.306 e. The Labute approximate surface area is 122 Å². The SMILES string of the molecule is COC(=O)CC(C)SCC(=O)Nc1ccccc1C#N. The van der Waals surface area contributed by atoms with Crippen molar-refractivity contribution in [2.24, 2.45) is 0 Å². The first-order chi connectivity index (χ1) is 9.56. The van der Waals surface area contributed by atoms with Gasteiger partial charge in [-0.15, -0.1) is 11.8 Å². The van der Waals surface area contributed by atoms with Gasteiger partial charge < -0.3 is 10.1 Å². The molecule has 0 saturated heterocycles. The van der Waals surface area contributed by atoms with Crippen LogP contribution in [0.5, 0.6) is 0 Å². The first-order valence-electron chi connectivity index (χ1n) is 6.04. The lowest BCUT2D eigenvalue weighted by Crippen LogP contribution is -2.17. The molecule has 0 aliphatic rings. The quantitative estimate of drug-likeness (QED) is 0.813. The molecule has 0 aliphatic carbocycles. The number of esters is 1. The molecular formula is C14H16N2O3S. The fourth-order valence-electron chi connectivity index (χ4n) is 1.47. The Bertz CT molecular complexity index is 525. The number of thioether (sulfide) groups is 1. The van der Waals surface area contributed by atoms with Gasteiger partial charge in [-0.2, -0.15) is 5.26 Å². The minimum Gasteiger partial charge on any atom is -0.469 e. The molecule has 0 bridgehead atoms. The lowest BCUT2D eigenvalue weighted by Gasteiger charge is -2.10. The molecule has 5 nitrogen and oxygen atoms in total. The molecule has 1 rings (SSSR count). The topological polar surface area (TPSA) is 79.2 Å². The molecule has 0 saturated carbocycles. The molecule has 20 heavy (non-hydrogen) atoms. The molecule has 1 unspecified atom stereocenters. The normalized spacial score (nSPS) is 11.2. The summed E-state index contributed by atoms with van der Waals surface area (Å²) in [5.41, 5.74) is 0.926. The van der Waals surface area contributed by atoms with Gasteiger partial charge in [0.25, 0.3) is 0 Å². The van der Waals surface area contributed by atoms with Gasteiger partial charge in [-0.05, 0) is 12.1 Å². The summed E-state index contributed by atoms with van der Waals surface area (Å²) in [5.74, 6) is -0.271. The number of nitrogens with one attached hydrogen (secondary N) is 1. The highest BCUT2D eigenvalue weighted by atomic mass is 32.2. The zero-order valence-electron chi connectivity index (χ0n) is 11.4. The van der Waals surface area contributed by atoms with E-state index >= 15 is 0 Å². The van der Waals surface area contributed by atoms with Crippen LogP contribution in [0.3, 0.4) is 0 Å². The number of para-hydroxylation sites is 1. The number of ether oxygens (including phenoxy) is 1. The van der Waals surface area contributed by atoms with Crippen molar-refractivity contribution in [2.75, 3.05) is 18.2 Å². The van der Waals surface area contributed by atoms with Gasteiger partial charge in [0.1, 0.15) is 6.07 Å². The number of hydrogen-bond donors (Lipinski definition) is 1. The predicted octanol–water partition coefficient (Wildman–Crippen LogP) is 2.18. The van der Waals surface area contributed by atoms with Gasteiger partial charge in [0.15, 0.2) is 0 Å². The van der Waals surface area contributed by atoms with E-state index in [9.17, 15) is 9.59 Å². The fraction of sp³-hybridized carbons (Fsp3) is 0.357. The number of carbonyl (C=O) groups excluding carboxylic acids is 2. The number of rotatable bonds is 6. The van der Waals surface area contributed by atoms with Crippen molar-refractivity contribution < 1.29 is 14.3 Å². The van der Waals surface area contributed by atoms with Gasteiger partial charge in [-0.25, -0.2) is 0 Å². The van der Waals surface area contributed by atoms with Gasteiger partial charge in [-0.3, -0.25) is 9.59 Å². The number of benzene rings is 1. The molecule has 106 valence electrons. The third kappa shape index (κ3) is 5.33. The molecule has 1 aromatic carbocycles. The summed E-state index contributed by atoms with van der Waals surface area (Å²) >= 11 is 1.37. The van der Waals surface area contributed by atoms with E-state index in [1.807, 2.05) is 13.0 Å². The highest BCUT2D eigenvalue weighted by Gasteiger charge is 2.12. The average molecular weight is 292 g/mol. The van der Waals surface area contributed by atoms with Crippen LogP contribution in [-0.2, 0) is 14.3 Å². The molecular weight excluding hydrogens is 276 g/mol. The number of methoxy groups -OCH3 is 1. The van der Waals surface area contributed by atoms with Crippen molar-refractivity contribution >= 4 is 29.3 Å². The highest BCUT2D eigenvalue weighted by Crippen LogP contribution is 2.17. The Morgan fingerprint density at radius 3 is 2.80 bits per heavy atom. The molecule has 0 aliphatic heterocycles.